The Bertz CT molecular complexity index is 929. The largest absolute Gasteiger partial charge is 0.493 e. The minimum atomic E-state index is 0.461. The van der Waals surface area contributed by atoms with Gasteiger partial charge >= 0.3 is 0 Å². The molecule has 1 aliphatic carbocycles. The summed E-state index contributed by atoms with van der Waals surface area (Å²) < 4.78 is 10.7. The lowest BCUT2D eigenvalue weighted by molar-refractivity contribution is 0.355. The number of ether oxygens (including phenoxy) is 2. The van der Waals surface area contributed by atoms with E-state index < -0.39 is 0 Å². The summed E-state index contributed by atoms with van der Waals surface area (Å²) in [6.07, 6.45) is 5.85. The first kappa shape index (κ1) is 17.1. The fourth-order valence-corrected chi connectivity index (χ4v) is 2.71. The van der Waals surface area contributed by atoms with Crippen molar-refractivity contribution in [3.63, 3.8) is 0 Å². The SMILES string of the molecule is COc1ccc(Nc2cc(-c3cccnc3)nc(NC3CC3)n2)cc1OC. The van der Waals surface area contributed by atoms with Crippen LogP contribution < -0.4 is 20.1 Å². The minimum Gasteiger partial charge on any atom is -0.493 e. The summed E-state index contributed by atoms with van der Waals surface area (Å²) >= 11 is 0. The molecule has 1 aliphatic rings. The van der Waals surface area contributed by atoms with Gasteiger partial charge in [0.1, 0.15) is 5.82 Å². The van der Waals surface area contributed by atoms with Gasteiger partial charge in [-0.15, -0.1) is 0 Å². The number of hydrogen-bond donors (Lipinski definition) is 2. The summed E-state index contributed by atoms with van der Waals surface area (Å²) in [6, 6.07) is 11.9. The molecule has 0 radical (unpaired) electrons. The topological polar surface area (TPSA) is 81.2 Å². The van der Waals surface area contributed by atoms with Crippen molar-refractivity contribution in [1.82, 2.24) is 15.0 Å². The molecule has 1 aromatic carbocycles. The maximum atomic E-state index is 5.37. The summed E-state index contributed by atoms with van der Waals surface area (Å²) in [4.78, 5) is 13.4. The molecule has 0 amide bonds. The average Bonchev–Trinajstić information content (AvgIpc) is 3.52. The van der Waals surface area contributed by atoms with Crippen LogP contribution in [0.25, 0.3) is 11.3 Å². The number of rotatable bonds is 7. The van der Waals surface area contributed by atoms with Gasteiger partial charge in [0.05, 0.1) is 19.9 Å². The third-order valence-corrected chi connectivity index (χ3v) is 4.25. The molecule has 0 bridgehead atoms. The number of anilines is 3. The molecule has 7 nitrogen and oxygen atoms in total. The van der Waals surface area contributed by atoms with E-state index in [0.29, 0.717) is 29.3 Å². The Morgan fingerprint density at radius 3 is 2.56 bits per heavy atom. The summed E-state index contributed by atoms with van der Waals surface area (Å²) in [5, 5.41) is 6.69. The predicted molar refractivity (Wildman–Crippen MR) is 105 cm³/mol. The first-order valence-electron chi connectivity index (χ1n) is 8.80. The van der Waals surface area contributed by atoms with Crippen LogP contribution in [-0.4, -0.2) is 35.2 Å². The smallest absolute Gasteiger partial charge is 0.225 e. The zero-order valence-electron chi connectivity index (χ0n) is 15.3. The molecule has 0 atom stereocenters. The lowest BCUT2D eigenvalue weighted by atomic mass is 10.2. The second kappa shape index (κ2) is 7.49. The molecule has 1 fully saturated rings. The van der Waals surface area contributed by atoms with Crippen LogP contribution in [0.2, 0.25) is 0 Å². The summed E-state index contributed by atoms with van der Waals surface area (Å²) in [6.45, 7) is 0. The van der Waals surface area contributed by atoms with Gasteiger partial charge in [0.2, 0.25) is 5.95 Å². The summed E-state index contributed by atoms with van der Waals surface area (Å²) in [5.41, 5.74) is 2.60. The van der Waals surface area contributed by atoms with Crippen LogP contribution in [0, 0.1) is 0 Å². The molecule has 3 aromatic rings. The number of nitrogens with zero attached hydrogens (tertiary/aromatic N) is 3. The highest BCUT2D eigenvalue weighted by molar-refractivity contribution is 5.68. The van der Waals surface area contributed by atoms with E-state index in [9.17, 15) is 0 Å². The second-order valence-electron chi connectivity index (χ2n) is 6.32. The van der Waals surface area contributed by atoms with Crippen LogP contribution in [0.15, 0.2) is 48.8 Å². The Morgan fingerprint density at radius 1 is 1.00 bits per heavy atom. The van der Waals surface area contributed by atoms with Gasteiger partial charge in [0.15, 0.2) is 11.5 Å². The Labute approximate surface area is 157 Å². The lowest BCUT2D eigenvalue weighted by Crippen LogP contribution is -2.07. The Hall–Kier alpha value is -3.35. The fourth-order valence-electron chi connectivity index (χ4n) is 2.71. The number of aromatic nitrogens is 3. The van der Waals surface area contributed by atoms with E-state index in [2.05, 4.69) is 25.6 Å². The van der Waals surface area contributed by atoms with Gasteiger partial charge in [-0.1, -0.05) is 0 Å². The first-order valence-corrected chi connectivity index (χ1v) is 8.80. The standard InChI is InChI=1S/C20H21N5O2/c1-26-17-8-7-15(10-18(17)27-2)22-19-11-16(13-4-3-9-21-12-13)24-20(25-19)23-14-5-6-14/h3-4,7-12,14H,5-6H2,1-2H3,(H2,22,23,24,25). The molecular formula is C20H21N5O2. The van der Waals surface area contributed by atoms with Crippen molar-refractivity contribution in [3.05, 3.63) is 48.8 Å². The van der Waals surface area contributed by atoms with Gasteiger partial charge in [-0.3, -0.25) is 4.98 Å². The van der Waals surface area contributed by atoms with Gasteiger partial charge in [-0.2, -0.15) is 4.98 Å². The minimum absolute atomic E-state index is 0.461. The van der Waals surface area contributed by atoms with E-state index >= 15 is 0 Å². The van der Waals surface area contributed by atoms with Crippen LogP contribution in [0.3, 0.4) is 0 Å². The fraction of sp³-hybridized carbons (Fsp3) is 0.250. The number of nitrogens with one attached hydrogen (secondary N) is 2. The Balaban J connectivity index is 1.66. The van der Waals surface area contributed by atoms with E-state index in [4.69, 9.17) is 9.47 Å². The maximum Gasteiger partial charge on any atom is 0.225 e. The van der Waals surface area contributed by atoms with Crippen LogP contribution in [0.1, 0.15) is 12.8 Å². The molecule has 2 heterocycles. The van der Waals surface area contributed by atoms with Gasteiger partial charge in [0.25, 0.3) is 0 Å². The summed E-state index contributed by atoms with van der Waals surface area (Å²) in [5.74, 6) is 2.64. The van der Waals surface area contributed by atoms with Gasteiger partial charge in [-0.25, -0.2) is 4.98 Å². The number of benzene rings is 1. The average molecular weight is 363 g/mol. The number of methoxy groups -OCH3 is 2. The maximum absolute atomic E-state index is 5.37. The highest BCUT2D eigenvalue weighted by Gasteiger charge is 2.22. The summed E-state index contributed by atoms with van der Waals surface area (Å²) in [7, 11) is 3.23. The monoisotopic (exact) mass is 363 g/mol. The molecule has 0 spiro atoms. The highest BCUT2D eigenvalue weighted by atomic mass is 16.5. The van der Waals surface area contributed by atoms with Crippen LogP contribution >= 0.6 is 0 Å². The quantitative estimate of drug-likeness (QED) is 0.659. The predicted octanol–water partition coefficient (Wildman–Crippen LogP) is 3.87. The zero-order chi connectivity index (χ0) is 18.6. The van der Waals surface area contributed by atoms with Gasteiger partial charge in [-0.05, 0) is 37.1 Å². The molecule has 27 heavy (non-hydrogen) atoms. The second-order valence-corrected chi connectivity index (χ2v) is 6.32. The molecule has 0 unspecified atom stereocenters. The van der Waals surface area contributed by atoms with Crippen molar-refractivity contribution in [3.8, 4) is 22.8 Å². The van der Waals surface area contributed by atoms with E-state index in [1.807, 2.05) is 36.4 Å². The van der Waals surface area contributed by atoms with Crippen molar-refractivity contribution in [2.75, 3.05) is 24.9 Å². The van der Waals surface area contributed by atoms with E-state index in [1.54, 1.807) is 26.6 Å². The number of pyridine rings is 1. The van der Waals surface area contributed by atoms with E-state index in [1.165, 1.54) is 0 Å². The first-order chi connectivity index (χ1) is 13.2. The number of hydrogen-bond acceptors (Lipinski definition) is 7. The van der Waals surface area contributed by atoms with Crippen LogP contribution in [-0.2, 0) is 0 Å². The Kier molecular flexibility index (Phi) is 4.74. The lowest BCUT2D eigenvalue weighted by Gasteiger charge is -2.13. The normalized spacial score (nSPS) is 13.1. The highest BCUT2D eigenvalue weighted by Crippen LogP contribution is 2.32. The third-order valence-electron chi connectivity index (χ3n) is 4.25. The van der Waals surface area contributed by atoms with Crippen molar-refractivity contribution in [2.24, 2.45) is 0 Å². The molecule has 1 saturated carbocycles. The third kappa shape index (κ3) is 4.08. The molecule has 138 valence electrons. The molecule has 4 rings (SSSR count). The van der Waals surface area contributed by atoms with Crippen molar-refractivity contribution in [1.29, 1.82) is 0 Å². The van der Waals surface area contributed by atoms with Crippen molar-refractivity contribution >= 4 is 17.5 Å². The van der Waals surface area contributed by atoms with E-state index in [-0.39, 0.29) is 0 Å². The molecule has 2 aromatic heterocycles. The Morgan fingerprint density at radius 2 is 1.85 bits per heavy atom. The molecule has 2 N–H and O–H groups in total. The van der Waals surface area contributed by atoms with E-state index in [0.717, 1.165) is 29.8 Å². The van der Waals surface area contributed by atoms with Crippen molar-refractivity contribution < 1.29 is 9.47 Å². The zero-order valence-corrected chi connectivity index (χ0v) is 15.3. The van der Waals surface area contributed by atoms with Gasteiger partial charge < -0.3 is 20.1 Å². The van der Waals surface area contributed by atoms with Crippen LogP contribution in [0.5, 0.6) is 11.5 Å². The van der Waals surface area contributed by atoms with Crippen molar-refractivity contribution in [2.45, 2.75) is 18.9 Å². The molecular weight excluding hydrogens is 342 g/mol. The van der Waals surface area contributed by atoms with Crippen LogP contribution in [0.4, 0.5) is 17.5 Å². The molecule has 0 aliphatic heterocycles. The molecule has 7 heteroatoms. The molecule has 0 saturated heterocycles. The van der Waals surface area contributed by atoms with Gasteiger partial charge in [0, 0.05) is 41.8 Å².